The summed E-state index contributed by atoms with van der Waals surface area (Å²) in [4.78, 5) is 37.7. The molecule has 0 radical (unpaired) electrons. The first-order valence-electron chi connectivity index (χ1n) is 38.3. The highest BCUT2D eigenvalue weighted by molar-refractivity contribution is 5.71. The van der Waals surface area contributed by atoms with Crippen molar-refractivity contribution in [3.8, 4) is 0 Å². The van der Waals surface area contributed by atoms with E-state index in [0.717, 1.165) is 109 Å². The van der Waals surface area contributed by atoms with Crippen LogP contribution in [-0.2, 0) is 33.3 Å². The van der Waals surface area contributed by atoms with E-state index in [9.17, 15) is 19.5 Å². The van der Waals surface area contributed by atoms with Gasteiger partial charge in [-0.2, -0.15) is 0 Å². The Labute approximate surface area is 573 Å². The Balaban J connectivity index is 4.13. The minimum atomic E-state index is -1.52. The normalized spacial score (nSPS) is 13.4. The third-order valence-electron chi connectivity index (χ3n) is 16.4. The molecule has 9 nitrogen and oxygen atoms in total. The minimum absolute atomic E-state index is 0.181. The van der Waals surface area contributed by atoms with Crippen LogP contribution < -0.4 is 0 Å². The van der Waals surface area contributed by atoms with Crippen LogP contribution in [0.5, 0.6) is 0 Å². The van der Waals surface area contributed by atoms with Crippen molar-refractivity contribution in [1.29, 1.82) is 0 Å². The lowest BCUT2D eigenvalue weighted by atomic mass is 10.0. The summed E-state index contributed by atoms with van der Waals surface area (Å²) in [6.45, 7) is 4.78. The number of hydrogen-bond acceptors (Lipinski definition) is 7. The number of carboxylic acid groups (broad SMARTS) is 1. The summed E-state index contributed by atoms with van der Waals surface area (Å²) < 4.78 is 23.0. The van der Waals surface area contributed by atoms with E-state index in [-0.39, 0.29) is 32.2 Å². The number of unbranched alkanes of at least 4 members (excludes halogenated alkanes) is 33. The number of quaternary nitrogens is 1. The first kappa shape index (κ1) is 88.4. The Morgan fingerprint density at radius 1 is 0.333 bits per heavy atom. The maximum Gasteiger partial charge on any atom is 0.361 e. The molecule has 0 spiro atoms. The molecule has 0 bridgehead atoms. The lowest BCUT2D eigenvalue weighted by Gasteiger charge is -2.25. The molecule has 9 heteroatoms. The molecule has 0 rings (SSSR count). The molecule has 0 aliphatic heterocycles. The van der Waals surface area contributed by atoms with Gasteiger partial charge in [0.15, 0.2) is 6.10 Å². The van der Waals surface area contributed by atoms with Crippen LogP contribution in [0.3, 0.4) is 0 Å². The Morgan fingerprint density at radius 3 is 0.925 bits per heavy atom. The number of carboxylic acids is 1. The Hall–Kier alpha value is -4.57. The smallest absolute Gasteiger partial charge is 0.361 e. The van der Waals surface area contributed by atoms with E-state index in [4.69, 9.17) is 18.9 Å². The predicted molar refractivity (Wildman–Crippen MR) is 401 cm³/mol. The van der Waals surface area contributed by atoms with Crippen molar-refractivity contribution in [2.75, 3.05) is 47.5 Å². The summed E-state index contributed by atoms with van der Waals surface area (Å²) in [6.07, 6.45) is 103. The maximum absolute atomic E-state index is 13.0. The van der Waals surface area contributed by atoms with Crippen LogP contribution in [0, 0.1) is 0 Å². The van der Waals surface area contributed by atoms with E-state index in [1.165, 1.54) is 180 Å². The molecule has 0 saturated carbocycles. The van der Waals surface area contributed by atoms with E-state index in [2.05, 4.69) is 148 Å². The topological polar surface area (TPSA) is 108 Å². The number of likely N-dealkylation sites (N-methyl/N-ethyl adjacent to an activating group) is 1. The van der Waals surface area contributed by atoms with Crippen LogP contribution in [0.2, 0.25) is 0 Å². The molecule has 532 valence electrons. The summed E-state index contributed by atoms with van der Waals surface area (Å²) in [5.41, 5.74) is 0. The quantitative estimate of drug-likeness (QED) is 0.0211. The average molecular weight is 1300 g/mol. The zero-order valence-corrected chi connectivity index (χ0v) is 60.9. The molecule has 0 aromatic rings. The van der Waals surface area contributed by atoms with Crippen molar-refractivity contribution in [3.05, 3.63) is 134 Å². The van der Waals surface area contributed by atoms with Gasteiger partial charge in [0.05, 0.1) is 34.4 Å². The second kappa shape index (κ2) is 73.2. The summed E-state index contributed by atoms with van der Waals surface area (Å²) in [5.74, 6) is -2.01. The van der Waals surface area contributed by atoms with Gasteiger partial charge in [0, 0.05) is 12.8 Å². The number of hydrogen-bond donors (Lipinski definition) is 1. The Kier molecular flexibility index (Phi) is 69.6. The molecule has 0 aliphatic carbocycles. The predicted octanol–water partition coefficient (Wildman–Crippen LogP) is 24.5. The number of nitrogens with zero attached hydrogens (tertiary/aromatic N) is 1. The zero-order valence-electron chi connectivity index (χ0n) is 60.9. The highest BCUT2D eigenvalue weighted by Gasteiger charge is 2.25. The third-order valence-corrected chi connectivity index (χ3v) is 16.4. The van der Waals surface area contributed by atoms with Gasteiger partial charge in [-0.3, -0.25) is 9.59 Å². The van der Waals surface area contributed by atoms with Crippen molar-refractivity contribution in [3.63, 3.8) is 0 Å². The van der Waals surface area contributed by atoms with E-state index in [1.54, 1.807) is 0 Å². The molecule has 0 aromatic carbocycles. The lowest BCUT2D eigenvalue weighted by Crippen LogP contribution is -2.40. The van der Waals surface area contributed by atoms with Gasteiger partial charge in [0.2, 0.25) is 0 Å². The van der Waals surface area contributed by atoms with Crippen LogP contribution in [0.1, 0.15) is 322 Å². The summed E-state index contributed by atoms with van der Waals surface area (Å²) in [7, 11) is 5.98. The lowest BCUT2D eigenvalue weighted by molar-refractivity contribution is -0.870. The van der Waals surface area contributed by atoms with Crippen LogP contribution in [0.4, 0.5) is 0 Å². The van der Waals surface area contributed by atoms with Gasteiger partial charge in [-0.15, -0.1) is 0 Å². The van der Waals surface area contributed by atoms with Crippen molar-refractivity contribution in [2.45, 2.75) is 334 Å². The fourth-order valence-electron chi connectivity index (χ4n) is 10.6. The standard InChI is InChI=1S/C84H143NO8/c1-6-8-10-12-14-16-18-20-22-24-26-28-30-32-34-36-37-38-39-40-41-42-43-44-45-47-49-51-53-55-57-59-61-63-65-67-69-71-73-75-82(87)93-80(79-92-84(83(88)89)90-77-76-85(3,4)5)78-91-81(86)74-72-70-68-66-64-62-60-58-56-54-52-50-48-46-35-33-31-29-27-25-23-21-19-17-15-13-11-9-7-2/h8,10,14,16,20,22,25-28,32,34,37-38,40-41,43-44,47,49,53,55,80,84H,6-7,9,11-13,15,17-19,21,23-24,29-31,33,35-36,39,42,45-46,48,50-52,54,56-79H2,1-5H3/p+1/b10-8-,16-14-,22-20-,27-25-,28-26-,34-32-,38-37-,41-40-,44-43-,49-47-,55-53-. The summed E-state index contributed by atoms with van der Waals surface area (Å²) in [6, 6.07) is 0. The molecule has 0 fully saturated rings. The SMILES string of the molecule is CC/C=C\C/C=C\C/C=C\C/C=C\C/C=C\C/C=C\C/C=C\C/C=C\C/C=C\C/C=C\CCCCCCCCCCC(=O)OC(COC(=O)CCCCCCCCCCCCCCCCCCC/C=C\CCCCCCCCCC)COC(OCC[N+](C)(C)C)C(=O)O. The van der Waals surface area contributed by atoms with Crippen LogP contribution >= 0.6 is 0 Å². The van der Waals surface area contributed by atoms with Gasteiger partial charge in [0.1, 0.15) is 13.2 Å². The number of aliphatic carboxylic acids is 1. The van der Waals surface area contributed by atoms with E-state index in [0.29, 0.717) is 23.9 Å². The zero-order chi connectivity index (χ0) is 67.5. The van der Waals surface area contributed by atoms with Gasteiger partial charge < -0.3 is 28.5 Å². The monoisotopic (exact) mass is 1300 g/mol. The van der Waals surface area contributed by atoms with Crippen LogP contribution in [0.25, 0.3) is 0 Å². The molecule has 1 N–H and O–H groups in total. The molecule has 0 saturated heterocycles. The largest absolute Gasteiger partial charge is 0.477 e. The van der Waals surface area contributed by atoms with Gasteiger partial charge in [-0.1, -0.05) is 327 Å². The fourth-order valence-corrected chi connectivity index (χ4v) is 10.6. The number of allylic oxidation sites excluding steroid dienone is 22. The van der Waals surface area contributed by atoms with Crippen molar-refractivity contribution in [1.82, 2.24) is 0 Å². The molecule has 2 unspecified atom stereocenters. The molecule has 0 amide bonds. The van der Waals surface area contributed by atoms with Gasteiger partial charge in [-0.25, -0.2) is 4.79 Å². The minimum Gasteiger partial charge on any atom is -0.477 e. The number of ether oxygens (including phenoxy) is 4. The van der Waals surface area contributed by atoms with Crippen molar-refractivity contribution < 1.29 is 42.9 Å². The van der Waals surface area contributed by atoms with E-state index < -0.39 is 24.3 Å². The highest BCUT2D eigenvalue weighted by atomic mass is 16.7. The first-order valence-corrected chi connectivity index (χ1v) is 38.3. The van der Waals surface area contributed by atoms with Gasteiger partial charge in [-0.05, 0) is 116 Å². The molecular formula is C84H144NO8+. The molecule has 0 heterocycles. The third kappa shape index (κ3) is 74.7. The molecular weight excluding hydrogens is 1150 g/mol. The highest BCUT2D eigenvalue weighted by Crippen LogP contribution is 2.18. The van der Waals surface area contributed by atoms with Crippen LogP contribution in [0.15, 0.2) is 134 Å². The maximum atomic E-state index is 13.0. The molecule has 2 atom stereocenters. The molecule has 0 aliphatic rings. The number of esters is 2. The van der Waals surface area contributed by atoms with Crippen LogP contribution in [-0.4, -0.2) is 87.4 Å². The van der Waals surface area contributed by atoms with E-state index >= 15 is 0 Å². The molecule has 93 heavy (non-hydrogen) atoms. The average Bonchev–Trinajstić information content (AvgIpc) is 3.38. The summed E-state index contributed by atoms with van der Waals surface area (Å²) in [5, 5.41) is 9.76. The first-order chi connectivity index (χ1) is 45.6. The fraction of sp³-hybridized carbons (Fsp3) is 0.702. The Bertz CT molecular complexity index is 2000. The van der Waals surface area contributed by atoms with Gasteiger partial charge in [0.25, 0.3) is 6.29 Å². The van der Waals surface area contributed by atoms with E-state index in [1.807, 2.05) is 21.1 Å². The number of carbonyl (C=O) groups excluding carboxylic acids is 2. The molecule has 0 aromatic heterocycles. The van der Waals surface area contributed by atoms with Crippen molar-refractivity contribution >= 4 is 17.9 Å². The Morgan fingerprint density at radius 2 is 0.613 bits per heavy atom. The second-order valence-corrected chi connectivity index (χ2v) is 26.6. The number of carbonyl (C=O) groups is 3. The van der Waals surface area contributed by atoms with Crippen molar-refractivity contribution in [2.24, 2.45) is 0 Å². The summed E-state index contributed by atoms with van der Waals surface area (Å²) >= 11 is 0. The van der Waals surface area contributed by atoms with Gasteiger partial charge >= 0.3 is 17.9 Å². The number of rotatable bonds is 70. The second-order valence-electron chi connectivity index (χ2n) is 26.6.